The maximum Gasteiger partial charge on any atom is 0.333 e. The first kappa shape index (κ1) is 17.1. The number of imide groups is 1. The average Bonchev–Trinajstić information content (AvgIpc) is 3.19. The van der Waals surface area contributed by atoms with Gasteiger partial charge in [0.05, 0.1) is 5.69 Å². The van der Waals surface area contributed by atoms with E-state index in [1.807, 2.05) is 24.3 Å². The zero-order chi connectivity index (χ0) is 19.0. The zero-order valence-corrected chi connectivity index (χ0v) is 15.3. The number of anilines is 1. The molecule has 27 heavy (non-hydrogen) atoms. The average molecular weight is 359 g/mol. The standard InChI is InChI=1S/C22H21N3O2/c1-3-15(2)24-14-16(18-11-7-8-12-20(18)24)13-19-21(26)25(22(27)23-19)17-9-5-4-6-10-17/h4-15H,3H2,1-2H3,(H,23,27)/b19-13-/t15-/m0/s1. The Morgan fingerprint density at radius 3 is 2.48 bits per heavy atom. The fourth-order valence-electron chi connectivity index (χ4n) is 3.41. The summed E-state index contributed by atoms with van der Waals surface area (Å²) in [6.07, 6.45) is 4.83. The van der Waals surface area contributed by atoms with E-state index in [1.165, 1.54) is 4.90 Å². The first-order chi connectivity index (χ1) is 13.1. The molecule has 1 aromatic heterocycles. The van der Waals surface area contributed by atoms with Crippen LogP contribution in [0, 0.1) is 0 Å². The van der Waals surface area contributed by atoms with E-state index >= 15 is 0 Å². The van der Waals surface area contributed by atoms with Crippen molar-refractivity contribution in [1.29, 1.82) is 0 Å². The third kappa shape index (κ3) is 2.91. The molecule has 1 atom stereocenters. The molecule has 2 aromatic carbocycles. The summed E-state index contributed by atoms with van der Waals surface area (Å²) in [5.41, 5.74) is 2.89. The van der Waals surface area contributed by atoms with Crippen LogP contribution in [0.15, 0.2) is 66.5 Å². The Kier molecular flexibility index (Phi) is 4.28. The molecule has 1 fully saturated rings. The summed E-state index contributed by atoms with van der Waals surface area (Å²) in [4.78, 5) is 26.3. The lowest BCUT2D eigenvalue weighted by atomic mass is 10.1. The molecule has 136 valence electrons. The predicted molar refractivity (Wildman–Crippen MR) is 107 cm³/mol. The molecule has 2 heterocycles. The third-order valence-electron chi connectivity index (χ3n) is 5.03. The molecular weight excluding hydrogens is 338 g/mol. The van der Waals surface area contributed by atoms with Gasteiger partial charge in [0.1, 0.15) is 5.70 Å². The second kappa shape index (κ2) is 6.76. The number of rotatable bonds is 4. The summed E-state index contributed by atoms with van der Waals surface area (Å²) in [6.45, 7) is 4.32. The van der Waals surface area contributed by atoms with Crippen LogP contribution in [0.3, 0.4) is 0 Å². The first-order valence-corrected chi connectivity index (χ1v) is 9.12. The Labute approximate surface area is 157 Å². The van der Waals surface area contributed by atoms with Crippen molar-refractivity contribution < 1.29 is 9.59 Å². The number of hydrogen-bond acceptors (Lipinski definition) is 2. The maximum atomic E-state index is 12.8. The molecule has 0 radical (unpaired) electrons. The van der Waals surface area contributed by atoms with Crippen molar-refractivity contribution in [3.8, 4) is 0 Å². The molecule has 0 unspecified atom stereocenters. The molecule has 0 bridgehead atoms. The van der Waals surface area contributed by atoms with E-state index < -0.39 is 6.03 Å². The van der Waals surface area contributed by atoms with Crippen molar-refractivity contribution in [2.45, 2.75) is 26.3 Å². The van der Waals surface area contributed by atoms with E-state index in [4.69, 9.17) is 0 Å². The normalized spacial score (nSPS) is 17.0. The van der Waals surface area contributed by atoms with Gasteiger partial charge in [-0.2, -0.15) is 0 Å². The molecule has 0 saturated carbocycles. The number of carbonyl (C=O) groups is 2. The monoisotopic (exact) mass is 359 g/mol. The lowest BCUT2D eigenvalue weighted by molar-refractivity contribution is -0.113. The van der Waals surface area contributed by atoms with Gasteiger partial charge in [0.2, 0.25) is 0 Å². The summed E-state index contributed by atoms with van der Waals surface area (Å²) in [6, 6.07) is 17.0. The molecule has 1 saturated heterocycles. The Morgan fingerprint density at radius 2 is 1.74 bits per heavy atom. The Hall–Kier alpha value is -3.34. The summed E-state index contributed by atoms with van der Waals surface area (Å²) in [5.74, 6) is -0.341. The lowest BCUT2D eigenvalue weighted by Gasteiger charge is -2.12. The van der Waals surface area contributed by atoms with Gasteiger partial charge < -0.3 is 9.88 Å². The molecule has 1 aliphatic heterocycles. The summed E-state index contributed by atoms with van der Waals surface area (Å²) in [5, 5.41) is 3.77. The summed E-state index contributed by atoms with van der Waals surface area (Å²) in [7, 11) is 0. The van der Waals surface area contributed by atoms with Crippen LogP contribution in [0.5, 0.6) is 0 Å². The van der Waals surface area contributed by atoms with Gasteiger partial charge in [0.15, 0.2) is 0 Å². The number of para-hydroxylation sites is 2. The number of nitrogens with one attached hydrogen (secondary N) is 1. The first-order valence-electron chi connectivity index (χ1n) is 9.12. The molecule has 3 aromatic rings. The second-order valence-electron chi connectivity index (χ2n) is 6.73. The molecular formula is C22H21N3O2. The Bertz CT molecular complexity index is 1050. The summed E-state index contributed by atoms with van der Waals surface area (Å²) < 4.78 is 2.22. The topological polar surface area (TPSA) is 54.3 Å². The van der Waals surface area contributed by atoms with Gasteiger partial charge in [0, 0.05) is 28.7 Å². The van der Waals surface area contributed by atoms with Gasteiger partial charge in [0.25, 0.3) is 5.91 Å². The highest BCUT2D eigenvalue weighted by Gasteiger charge is 2.34. The van der Waals surface area contributed by atoms with E-state index in [2.05, 4.69) is 36.0 Å². The molecule has 5 nitrogen and oxygen atoms in total. The molecule has 3 amide bonds. The number of fused-ring (bicyclic) bond motifs is 1. The highest BCUT2D eigenvalue weighted by atomic mass is 16.2. The highest BCUT2D eigenvalue weighted by Crippen LogP contribution is 2.29. The van der Waals surface area contributed by atoms with Crippen LogP contribution in [0.1, 0.15) is 31.9 Å². The zero-order valence-electron chi connectivity index (χ0n) is 15.3. The van der Waals surface area contributed by atoms with E-state index in [9.17, 15) is 9.59 Å². The fraction of sp³-hybridized carbons (Fsp3) is 0.182. The summed E-state index contributed by atoms with van der Waals surface area (Å²) >= 11 is 0. The van der Waals surface area contributed by atoms with E-state index in [1.54, 1.807) is 30.3 Å². The number of hydrogen-bond donors (Lipinski definition) is 1. The van der Waals surface area contributed by atoms with Crippen LogP contribution in [0.2, 0.25) is 0 Å². The third-order valence-corrected chi connectivity index (χ3v) is 5.03. The predicted octanol–water partition coefficient (Wildman–Crippen LogP) is 4.71. The lowest BCUT2D eigenvalue weighted by Crippen LogP contribution is -2.30. The Balaban J connectivity index is 1.77. The fourth-order valence-corrected chi connectivity index (χ4v) is 3.41. The molecule has 1 aliphatic rings. The highest BCUT2D eigenvalue weighted by molar-refractivity contribution is 6.28. The number of amides is 3. The van der Waals surface area contributed by atoms with Crippen molar-refractivity contribution in [1.82, 2.24) is 9.88 Å². The molecule has 0 aliphatic carbocycles. The molecule has 5 heteroatoms. The van der Waals surface area contributed by atoms with Crippen LogP contribution in [-0.2, 0) is 4.79 Å². The van der Waals surface area contributed by atoms with Gasteiger partial charge in [-0.15, -0.1) is 0 Å². The van der Waals surface area contributed by atoms with Gasteiger partial charge in [-0.25, -0.2) is 9.69 Å². The largest absolute Gasteiger partial charge is 0.344 e. The van der Waals surface area contributed by atoms with Gasteiger partial charge >= 0.3 is 6.03 Å². The van der Waals surface area contributed by atoms with Crippen LogP contribution >= 0.6 is 0 Å². The smallest absolute Gasteiger partial charge is 0.333 e. The van der Waals surface area contributed by atoms with Gasteiger partial charge in [-0.3, -0.25) is 4.79 Å². The number of aromatic nitrogens is 1. The number of nitrogens with zero attached hydrogens (tertiary/aromatic N) is 2. The van der Waals surface area contributed by atoms with Crippen LogP contribution in [0.25, 0.3) is 17.0 Å². The SMILES string of the molecule is CC[C@H](C)n1cc(/C=C2\NC(=O)N(c3ccccc3)C2=O)c2ccccc21. The van der Waals surface area contributed by atoms with Crippen LogP contribution in [0.4, 0.5) is 10.5 Å². The van der Waals surface area contributed by atoms with Crippen molar-refractivity contribution in [3.05, 3.63) is 72.1 Å². The van der Waals surface area contributed by atoms with Gasteiger partial charge in [-0.1, -0.05) is 43.3 Å². The Morgan fingerprint density at radius 1 is 1.04 bits per heavy atom. The van der Waals surface area contributed by atoms with Crippen molar-refractivity contribution >= 4 is 34.6 Å². The van der Waals surface area contributed by atoms with Crippen molar-refractivity contribution in [2.24, 2.45) is 0 Å². The van der Waals surface area contributed by atoms with E-state index in [-0.39, 0.29) is 11.6 Å². The van der Waals surface area contributed by atoms with Crippen LogP contribution in [-0.4, -0.2) is 16.5 Å². The minimum absolute atomic E-state index is 0.288. The van der Waals surface area contributed by atoms with Crippen molar-refractivity contribution in [3.63, 3.8) is 0 Å². The number of urea groups is 1. The molecule has 0 spiro atoms. The molecule has 1 N–H and O–H groups in total. The maximum absolute atomic E-state index is 12.8. The van der Waals surface area contributed by atoms with E-state index in [0.29, 0.717) is 11.7 Å². The quantitative estimate of drug-likeness (QED) is 0.542. The van der Waals surface area contributed by atoms with Crippen LogP contribution < -0.4 is 10.2 Å². The second-order valence-corrected chi connectivity index (χ2v) is 6.73. The number of carbonyl (C=O) groups excluding carboxylic acids is 2. The van der Waals surface area contributed by atoms with Gasteiger partial charge in [-0.05, 0) is 37.6 Å². The van der Waals surface area contributed by atoms with E-state index in [0.717, 1.165) is 22.9 Å². The number of benzene rings is 2. The minimum Gasteiger partial charge on any atom is -0.344 e. The van der Waals surface area contributed by atoms with Crippen molar-refractivity contribution in [2.75, 3.05) is 4.90 Å². The molecule has 4 rings (SSSR count). The minimum atomic E-state index is -0.428.